The van der Waals surface area contributed by atoms with E-state index >= 15 is 0 Å². The Morgan fingerprint density at radius 3 is 3.11 bits per heavy atom. The van der Waals surface area contributed by atoms with Gasteiger partial charge in [0.25, 0.3) is 0 Å². The number of carboxylic acid groups (broad SMARTS) is 1. The van der Waals surface area contributed by atoms with Crippen molar-refractivity contribution in [2.45, 2.75) is 26.5 Å². The van der Waals surface area contributed by atoms with Gasteiger partial charge in [0.05, 0.1) is 12.4 Å². The molecule has 0 aromatic carbocycles. The van der Waals surface area contributed by atoms with Crippen LogP contribution >= 0.6 is 0 Å². The maximum Gasteiger partial charge on any atom is 0.354 e. The first-order valence-corrected chi connectivity index (χ1v) is 6.02. The normalized spacial score (nSPS) is 10.4. The van der Waals surface area contributed by atoms with Gasteiger partial charge < -0.3 is 9.84 Å². The van der Waals surface area contributed by atoms with E-state index in [0.29, 0.717) is 12.4 Å². The van der Waals surface area contributed by atoms with Crippen molar-refractivity contribution in [3.8, 4) is 5.75 Å². The SMILES string of the molecule is CCCn1cc(OCc2ccnc(C(=O)O)c2)cn1. The topological polar surface area (TPSA) is 77.2 Å². The first-order valence-electron chi connectivity index (χ1n) is 6.02. The smallest absolute Gasteiger partial charge is 0.354 e. The van der Waals surface area contributed by atoms with Crippen LogP contribution < -0.4 is 4.74 Å². The third-order valence-corrected chi connectivity index (χ3v) is 2.51. The first kappa shape index (κ1) is 13.1. The van der Waals surface area contributed by atoms with Crippen LogP contribution in [0.2, 0.25) is 0 Å². The number of aromatic carboxylic acids is 1. The van der Waals surface area contributed by atoms with E-state index in [4.69, 9.17) is 9.84 Å². The second-order valence-electron chi connectivity index (χ2n) is 4.08. The largest absolute Gasteiger partial charge is 0.486 e. The van der Waals surface area contributed by atoms with Gasteiger partial charge in [-0.15, -0.1) is 0 Å². The fraction of sp³-hybridized carbons (Fsp3) is 0.308. The fourth-order valence-electron chi connectivity index (χ4n) is 1.62. The molecule has 6 heteroatoms. The summed E-state index contributed by atoms with van der Waals surface area (Å²) >= 11 is 0. The zero-order valence-corrected chi connectivity index (χ0v) is 10.6. The number of hydrogen-bond donors (Lipinski definition) is 1. The number of nitrogens with zero attached hydrogens (tertiary/aromatic N) is 3. The average molecular weight is 261 g/mol. The zero-order chi connectivity index (χ0) is 13.7. The van der Waals surface area contributed by atoms with Gasteiger partial charge in [0.2, 0.25) is 0 Å². The van der Waals surface area contributed by atoms with Crippen molar-refractivity contribution in [1.29, 1.82) is 0 Å². The summed E-state index contributed by atoms with van der Waals surface area (Å²) in [5, 5.41) is 13.0. The number of rotatable bonds is 6. The Morgan fingerprint density at radius 2 is 2.37 bits per heavy atom. The summed E-state index contributed by atoms with van der Waals surface area (Å²) in [6.45, 7) is 3.22. The van der Waals surface area contributed by atoms with Crippen LogP contribution in [-0.4, -0.2) is 25.8 Å². The van der Waals surface area contributed by atoms with Crippen LogP contribution in [0.25, 0.3) is 0 Å². The number of carbonyl (C=O) groups is 1. The van der Waals surface area contributed by atoms with E-state index in [-0.39, 0.29) is 5.69 Å². The Bertz CT molecular complexity index is 566. The van der Waals surface area contributed by atoms with Crippen LogP contribution in [0, 0.1) is 0 Å². The molecule has 0 amide bonds. The molecule has 0 aliphatic rings. The maximum absolute atomic E-state index is 10.8. The summed E-state index contributed by atoms with van der Waals surface area (Å²) in [4.78, 5) is 14.5. The molecule has 0 aliphatic heterocycles. The molecule has 0 fully saturated rings. The molecule has 2 rings (SSSR count). The molecular formula is C13H15N3O3. The van der Waals surface area contributed by atoms with Crippen molar-refractivity contribution in [2.24, 2.45) is 0 Å². The van der Waals surface area contributed by atoms with Crippen molar-refractivity contribution >= 4 is 5.97 Å². The lowest BCUT2D eigenvalue weighted by Crippen LogP contribution is -2.02. The minimum atomic E-state index is -1.04. The van der Waals surface area contributed by atoms with E-state index < -0.39 is 5.97 Å². The lowest BCUT2D eigenvalue weighted by molar-refractivity contribution is 0.0690. The molecule has 6 nitrogen and oxygen atoms in total. The van der Waals surface area contributed by atoms with E-state index in [9.17, 15) is 4.79 Å². The third-order valence-electron chi connectivity index (χ3n) is 2.51. The molecule has 0 atom stereocenters. The molecule has 2 aromatic heterocycles. The molecule has 100 valence electrons. The number of aromatic nitrogens is 3. The third kappa shape index (κ3) is 3.54. The fourth-order valence-corrected chi connectivity index (χ4v) is 1.62. The predicted octanol–water partition coefficient (Wildman–Crippen LogP) is 1.97. The highest BCUT2D eigenvalue weighted by atomic mass is 16.5. The first-order chi connectivity index (χ1) is 9.19. The van der Waals surface area contributed by atoms with Crippen LogP contribution in [0.3, 0.4) is 0 Å². The van der Waals surface area contributed by atoms with Gasteiger partial charge in [-0.3, -0.25) is 4.68 Å². The van der Waals surface area contributed by atoms with Gasteiger partial charge in [-0.1, -0.05) is 6.92 Å². The standard InChI is InChI=1S/C13H15N3O3/c1-2-5-16-8-11(7-15-16)19-9-10-3-4-14-12(6-10)13(17)18/h3-4,6-8H,2,5,9H2,1H3,(H,17,18). The lowest BCUT2D eigenvalue weighted by atomic mass is 10.2. The maximum atomic E-state index is 10.8. The van der Waals surface area contributed by atoms with Gasteiger partial charge in [0.15, 0.2) is 5.75 Å². The minimum Gasteiger partial charge on any atom is -0.486 e. The Morgan fingerprint density at radius 1 is 1.53 bits per heavy atom. The van der Waals surface area contributed by atoms with E-state index in [1.807, 2.05) is 10.9 Å². The number of ether oxygens (including phenoxy) is 1. The highest BCUT2D eigenvalue weighted by Crippen LogP contribution is 2.12. The van der Waals surface area contributed by atoms with Crippen LogP contribution in [0.1, 0.15) is 29.4 Å². The van der Waals surface area contributed by atoms with Crippen molar-refractivity contribution in [2.75, 3.05) is 0 Å². The van der Waals surface area contributed by atoms with Crippen molar-refractivity contribution in [1.82, 2.24) is 14.8 Å². The van der Waals surface area contributed by atoms with Gasteiger partial charge in [0.1, 0.15) is 12.3 Å². The van der Waals surface area contributed by atoms with E-state index in [1.165, 1.54) is 12.3 Å². The molecular weight excluding hydrogens is 246 g/mol. The predicted molar refractivity (Wildman–Crippen MR) is 68.0 cm³/mol. The molecule has 0 bridgehead atoms. The van der Waals surface area contributed by atoms with Crippen molar-refractivity contribution in [3.05, 3.63) is 42.0 Å². The van der Waals surface area contributed by atoms with E-state index in [1.54, 1.807) is 12.3 Å². The van der Waals surface area contributed by atoms with Crippen molar-refractivity contribution < 1.29 is 14.6 Å². The Balaban J connectivity index is 1.97. The molecule has 0 radical (unpaired) electrons. The molecule has 0 saturated heterocycles. The monoisotopic (exact) mass is 261 g/mol. The van der Waals surface area contributed by atoms with E-state index in [2.05, 4.69) is 17.0 Å². The quantitative estimate of drug-likeness (QED) is 0.860. The summed E-state index contributed by atoms with van der Waals surface area (Å²) in [6, 6.07) is 3.22. The number of pyridine rings is 1. The molecule has 0 saturated carbocycles. The molecule has 19 heavy (non-hydrogen) atoms. The molecule has 2 heterocycles. The average Bonchev–Trinajstić information content (AvgIpc) is 2.85. The Kier molecular flexibility index (Phi) is 4.12. The summed E-state index contributed by atoms with van der Waals surface area (Å²) in [6.07, 6.45) is 5.94. The Labute approximate surface area is 110 Å². The molecule has 0 aliphatic carbocycles. The molecule has 0 spiro atoms. The van der Waals surface area contributed by atoms with Crippen molar-refractivity contribution in [3.63, 3.8) is 0 Å². The number of hydrogen-bond acceptors (Lipinski definition) is 4. The highest BCUT2D eigenvalue weighted by molar-refractivity contribution is 5.85. The summed E-state index contributed by atoms with van der Waals surface area (Å²) in [5.41, 5.74) is 0.776. The van der Waals surface area contributed by atoms with Gasteiger partial charge in [-0.25, -0.2) is 9.78 Å². The summed E-state index contributed by atoms with van der Waals surface area (Å²) in [7, 11) is 0. The van der Waals surface area contributed by atoms with Gasteiger partial charge in [-0.2, -0.15) is 5.10 Å². The van der Waals surface area contributed by atoms with Gasteiger partial charge in [-0.05, 0) is 24.1 Å². The van der Waals surface area contributed by atoms with Gasteiger partial charge >= 0.3 is 5.97 Å². The summed E-state index contributed by atoms with van der Waals surface area (Å²) in [5.74, 6) is -0.375. The Hall–Kier alpha value is -2.37. The second kappa shape index (κ2) is 5.99. The molecule has 1 N–H and O–H groups in total. The van der Waals surface area contributed by atoms with Gasteiger partial charge in [0, 0.05) is 12.7 Å². The minimum absolute atomic E-state index is 0.0165. The zero-order valence-electron chi connectivity index (χ0n) is 10.6. The van der Waals surface area contributed by atoms with Crippen LogP contribution in [0.15, 0.2) is 30.7 Å². The molecule has 2 aromatic rings. The number of carboxylic acids is 1. The van der Waals surface area contributed by atoms with Crippen LogP contribution in [0.5, 0.6) is 5.75 Å². The van der Waals surface area contributed by atoms with Crippen LogP contribution in [-0.2, 0) is 13.2 Å². The molecule has 0 unspecified atom stereocenters. The number of aryl methyl sites for hydroxylation is 1. The van der Waals surface area contributed by atoms with Crippen LogP contribution in [0.4, 0.5) is 0 Å². The van der Waals surface area contributed by atoms with E-state index in [0.717, 1.165) is 18.5 Å². The highest BCUT2D eigenvalue weighted by Gasteiger charge is 2.06. The summed E-state index contributed by atoms with van der Waals surface area (Å²) < 4.78 is 7.36. The lowest BCUT2D eigenvalue weighted by Gasteiger charge is -2.04. The second-order valence-corrected chi connectivity index (χ2v) is 4.08.